The summed E-state index contributed by atoms with van der Waals surface area (Å²) < 4.78 is 37.3. The fourth-order valence-corrected chi connectivity index (χ4v) is 1.04. The molecule has 0 fully saturated rings. The smallest absolute Gasteiger partial charge is 0.315 e. The highest BCUT2D eigenvalue weighted by Crippen LogP contribution is 2.29. The molecule has 1 aromatic heterocycles. The van der Waals surface area contributed by atoms with E-state index in [9.17, 15) is 13.2 Å². The molecule has 0 unspecified atom stereocenters. The molecule has 13 heavy (non-hydrogen) atoms. The van der Waals surface area contributed by atoms with Gasteiger partial charge in [0.2, 0.25) is 5.82 Å². The van der Waals surface area contributed by atoms with Crippen LogP contribution in [0.5, 0.6) is 0 Å². The number of imidazole rings is 1. The number of hydrogen-bond donors (Lipinski definition) is 0. The molecule has 0 aliphatic heterocycles. The summed E-state index contributed by atoms with van der Waals surface area (Å²) in [5.41, 5.74) is 0.0321. The fourth-order valence-electron chi connectivity index (χ4n) is 1.04. The van der Waals surface area contributed by atoms with Crippen LogP contribution in [0, 0.1) is 18.3 Å². The van der Waals surface area contributed by atoms with Crippen LogP contribution in [0.3, 0.4) is 0 Å². The second kappa shape index (κ2) is 2.76. The number of aryl methyl sites for hydroxylation is 1. The molecule has 0 aromatic carbocycles. The predicted molar refractivity (Wildman–Crippen MR) is 37.7 cm³/mol. The first-order valence-corrected chi connectivity index (χ1v) is 3.38. The Morgan fingerprint density at radius 1 is 1.46 bits per heavy atom. The van der Waals surface area contributed by atoms with Crippen LogP contribution in [-0.2, 0) is 13.2 Å². The molecular weight excluding hydrogens is 183 g/mol. The molecule has 0 spiro atoms. The van der Waals surface area contributed by atoms with Crippen LogP contribution in [0.2, 0.25) is 0 Å². The topological polar surface area (TPSA) is 41.6 Å². The third kappa shape index (κ3) is 1.49. The highest BCUT2D eigenvalue weighted by atomic mass is 19.4. The van der Waals surface area contributed by atoms with Crippen LogP contribution in [0.1, 0.15) is 17.2 Å². The molecule has 1 rings (SSSR count). The highest BCUT2D eigenvalue weighted by molar-refractivity contribution is 5.28. The maximum Gasteiger partial charge on any atom is 0.449 e. The average molecular weight is 189 g/mol. The molecule has 0 amide bonds. The molecule has 0 saturated carbocycles. The van der Waals surface area contributed by atoms with E-state index < -0.39 is 12.0 Å². The van der Waals surface area contributed by atoms with E-state index in [1.54, 1.807) is 6.07 Å². The van der Waals surface area contributed by atoms with Gasteiger partial charge in [-0.25, -0.2) is 4.98 Å². The first kappa shape index (κ1) is 9.58. The summed E-state index contributed by atoms with van der Waals surface area (Å²) in [6.45, 7) is 1.37. The largest absolute Gasteiger partial charge is 0.449 e. The number of aromatic nitrogens is 2. The standard InChI is InChI=1S/C7H6F3N3/c1-4-5(3-11)13(2)6(12-4)7(8,9)10/h1-2H3. The van der Waals surface area contributed by atoms with Gasteiger partial charge in [0.1, 0.15) is 11.8 Å². The van der Waals surface area contributed by atoms with E-state index in [-0.39, 0.29) is 11.4 Å². The molecule has 0 bridgehead atoms. The van der Waals surface area contributed by atoms with Gasteiger partial charge in [0.15, 0.2) is 0 Å². The van der Waals surface area contributed by atoms with Gasteiger partial charge in [-0.1, -0.05) is 0 Å². The summed E-state index contributed by atoms with van der Waals surface area (Å²) in [7, 11) is 1.17. The predicted octanol–water partition coefficient (Wildman–Crippen LogP) is 1.62. The second-order valence-electron chi connectivity index (χ2n) is 2.54. The number of halogens is 3. The van der Waals surface area contributed by atoms with Crippen molar-refractivity contribution in [3.05, 3.63) is 17.2 Å². The van der Waals surface area contributed by atoms with E-state index in [2.05, 4.69) is 4.98 Å². The summed E-state index contributed by atoms with van der Waals surface area (Å²) in [6.07, 6.45) is -4.51. The summed E-state index contributed by atoms with van der Waals surface area (Å²) >= 11 is 0. The monoisotopic (exact) mass is 189 g/mol. The van der Waals surface area contributed by atoms with Crippen molar-refractivity contribution in [3.8, 4) is 6.07 Å². The van der Waals surface area contributed by atoms with Crippen molar-refractivity contribution < 1.29 is 13.2 Å². The first-order chi connectivity index (χ1) is 5.88. The Morgan fingerprint density at radius 3 is 2.23 bits per heavy atom. The van der Waals surface area contributed by atoms with Crippen LogP contribution in [0.4, 0.5) is 13.2 Å². The van der Waals surface area contributed by atoms with Gasteiger partial charge < -0.3 is 4.57 Å². The molecule has 0 radical (unpaired) electrons. The quantitative estimate of drug-likeness (QED) is 0.622. The first-order valence-electron chi connectivity index (χ1n) is 3.38. The van der Waals surface area contributed by atoms with Gasteiger partial charge in [0.25, 0.3) is 0 Å². The van der Waals surface area contributed by atoms with Crippen LogP contribution >= 0.6 is 0 Å². The van der Waals surface area contributed by atoms with E-state index in [0.29, 0.717) is 0 Å². The number of rotatable bonds is 0. The van der Waals surface area contributed by atoms with Crippen molar-refractivity contribution in [2.75, 3.05) is 0 Å². The molecule has 0 aliphatic rings. The van der Waals surface area contributed by atoms with Crippen molar-refractivity contribution in [1.29, 1.82) is 5.26 Å². The minimum Gasteiger partial charge on any atom is -0.315 e. The van der Waals surface area contributed by atoms with E-state index in [1.807, 2.05) is 0 Å². The second-order valence-corrected chi connectivity index (χ2v) is 2.54. The zero-order chi connectivity index (χ0) is 10.2. The molecule has 6 heteroatoms. The highest BCUT2D eigenvalue weighted by Gasteiger charge is 2.37. The van der Waals surface area contributed by atoms with E-state index >= 15 is 0 Å². The lowest BCUT2D eigenvalue weighted by atomic mass is 10.4. The minimum absolute atomic E-state index is 0.0627. The summed E-state index contributed by atoms with van der Waals surface area (Å²) in [6, 6.07) is 1.66. The fraction of sp³-hybridized carbons (Fsp3) is 0.429. The van der Waals surface area contributed by atoms with Crippen LogP contribution in [0.25, 0.3) is 0 Å². The Balaban J connectivity index is 3.37. The average Bonchev–Trinajstić information content (AvgIpc) is 2.25. The lowest BCUT2D eigenvalue weighted by Crippen LogP contribution is -2.13. The van der Waals surface area contributed by atoms with Gasteiger partial charge in [-0.3, -0.25) is 0 Å². The zero-order valence-electron chi connectivity index (χ0n) is 6.98. The normalized spacial score (nSPS) is 11.4. The van der Waals surface area contributed by atoms with Crippen molar-refractivity contribution in [2.45, 2.75) is 13.1 Å². The zero-order valence-corrected chi connectivity index (χ0v) is 6.98. The SMILES string of the molecule is Cc1nc(C(F)(F)F)n(C)c1C#N. The molecular formula is C7H6F3N3. The molecule has 1 heterocycles. The van der Waals surface area contributed by atoms with E-state index in [0.717, 1.165) is 4.57 Å². The molecule has 0 N–H and O–H groups in total. The van der Waals surface area contributed by atoms with Gasteiger partial charge in [-0.2, -0.15) is 18.4 Å². The van der Waals surface area contributed by atoms with Crippen LogP contribution in [0.15, 0.2) is 0 Å². The number of hydrogen-bond acceptors (Lipinski definition) is 2. The molecule has 70 valence electrons. The number of nitriles is 1. The molecule has 0 aliphatic carbocycles. The Bertz CT molecular complexity index is 370. The summed E-state index contributed by atoms with van der Waals surface area (Å²) in [5, 5.41) is 8.50. The Labute approximate surface area is 72.4 Å². The molecule has 0 atom stereocenters. The van der Waals surface area contributed by atoms with Crippen LogP contribution < -0.4 is 0 Å². The van der Waals surface area contributed by atoms with Gasteiger partial charge in [-0.15, -0.1) is 0 Å². The third-order valence-corrected chi connectivity index (χ3v) is 1.63. The van der Waals surface area contributed by atoms with E-state index in [4.69, 9.17) is 5.26 Å². The number of alkyl halides is 3. The number of nitrogens with zero attached hydrogens (tertiary/aromatic N) is 3. The van der Waals surface area contributed by atoms with Gasteiger partial charge >= 0.3 is 6.18 Å². The summed E-state index contributed by atoms with van der Waals surface area (Å²) in [4.78, 5) is 3.27. The van der Waals surface area contributed by atoms with Gasteiger partial charge in [0, 0.05) is 7.05 Å². The van der Waals surface area contributed by atoms with Gasteiger partial charge in [-0.05, 0) is 6.92 Å². The molecule has 3 nitrogen and oxygen atoms in total. The maximum atomic E-state index is 12.2. The lowest BCUT2D eigenvalue weighted by molar-refractivity contribution is -0.146. The van der Waals surface area contributed by atoms with Crippen molar-refractivity contribution in [1.82, 2.24) is 9.55 Å². The minimum atomic E-state index is -4.51. The van der Waals surface area contributed by atoms with Crippen molar-refractivity contribution in [3.63, 3.8) is 0 Å². The summed E-state index contributed by atoms with van der Waals surface area (Å²) in [5.74, 6) is -1.04. The van der Waals surface area contributed by atoms with Crippen LogP contribution in [-0.4, -0.2) is 9.55 Å². The Kier molecular flexibility index (Phi) is 2.04. The van der Waals surface area contributed by atoms with E-state index in [1.165, 1.54) is 14.0 Å². The van der Waals surface area contributed by atoms with Gasteiger partial charge in [0.05, 0.1) is 5.69 Å². The molecule has 0 saturated heterocycles. The molecule has 1 aromatic rings. The lowest BCUT2D eigenvalue weighted by Gasteiger charge is -2.04. The third-order valence-electron chi connectivity index (χ3n) is 1.63. The maximum absolute atomic E-state index is 12.2. The van der Waals surface area contributed by atoms with Crippen molar-refractivity contribution in [2.24, 2.45) is 7.05 Å². The van der Waals surface area contributed by atoms with Crippen molar-refractivity contribution >= 4 is 0 Å². The Hall–Kier alpha value is -1.51. The Morgan fingerprint density at radius 2 is 2.00 bits per heavy atom.